The van der Waals surface area contributed by atoms with E-state index in [2.05, 4.69) is 0 Å². The first kappa shape index (κ1) is 13.1. The van der Waals surface area contributed by atoms with Crippen LogP contribution in [0.2, 0.25) is 5.02 Å². The van der Waals surface area contributed by atoms with Crippen LogP contribution in [0.4, 0.5) is 4.39 Å². The zero-order chi connectivity index (χ0) is 14.1. The molecule has 0 radical (unpaired) electrons. The number of halogens is 2. The van der Waals surface area contributed by atoms with E-state index in [1.807, 2.05) is 6.07 Å². The van der Waals surface area contributed by atoms with Crippen molar-refractivity contribution in [3.63, 3.8) is 0 Å². The lowest BCUT2D eigenvalue weighted by molar-refractivity contribution is 0.0991. The van der Waals surface area contributed by atoms with Crippen LogP contribution in [0.25, 0.3) is 0 Å². The molecule has 1 aliphatic rings. The summed E-state index contributed by atoms with van der Waals surface area (Å²) in [5.41, 5.74) is 1.83. The van der Waals surface area contributed by atoms with Crippen LogP contribution in [-0.2, 0) is 12.8 Å². The molecule has 0 aliphatic carbocycles. The molecule has 102 valence electrons. The Balaban J connectivity index is 1.86. The Morgan fingerprint density at radius 1 is 1.30 bits per heavy atom. The first-order valence-corrected chi connectivity index (χ1v) is 6.75. The van der Waals surface area contributed by atoms with E-state index in [4.69, 9.17) is 16.3 Å². The summed E-state index contributed by atoms with van der Waals surface area (Å²) in [6.45, 7) is 0.645. The molecule has 0 unspecified atom stereocenters. The monoisotopic (exact) mass is 290 g/mol. The maximum atomic E-state index is 13.7. The van der Waals surface area contributed by atoms with Crippen LogP contribution in [0.3, 0.4) is 0 Å². The van der Waals surface area contributed by atoms with Gasteiger partial charge in [-0.1, -0.05) is 17.7 Å². The van der Waals surface area contributed by atoms with E-state index in [1.165, 1.54) is 12.1 Å². The number of carbonyl (C=O) groups is 1. The largest absolute Gasteiger partial charge is 0.493 e. The summed E-state index contributed by atoms with van der Waals surface area (Å²) in [6, 6.07) is 9.74. The summed E-state index contributed by atoms with van der Waals surface area (Å²) in [4.78, 5) is 12.3. The second kappa shape index (κ2) is 5.25. The molecule has 0 bridgehead atoms. The SMILES string of the molecule is O=C(Cc1c(F)cccc1Cl)c1ccc2c(c1)CCO2. The van der Waals surface area contributed by atoms with Gasteiger partial charge < -0.3 is 4.74 Å². The number of hydrogen-bond donors (Lipinski definition) is 0. The minimum Gasteiger partial charge on any atom is -0.493 e. The zero-order valence-corrected chi connectivity index (χ0v) is 11.4. The van der Waals surface area contributed by atoms with Gasteiger partial charge in [-0.05, 0) is 35.9 Å². The number of fused-ring (bicyclic) bond motifs is 1. The lowest BCUT2D eigenvalue weighted by Crippen LogP contribution is -2.06. The molecule has 0 aromatic heterocycles. The highest BCUT2D eigenvalue weighted by molar-refractivity contribution is 6.31. The van der Waals surface area contributed by atoms with Crippen LogP contribution in [0, 0.1) is 5.82 Å². The molecule has 1 heterocycles. The minimum atomic E-state index is -0.449. The van der Waals surface area contributed by atoms with Crippen LogP contribution >= 0.6 is 11.6 Å². The number of Topliss-reactive ketones (excluding diaryl/α,β-unsaturated/α-hetero) is 1. The fraction of sp³-hybridized carbons (Fsp3) is 0.188. The molecule has 0 fully saturated rings. The third kappa shape index (κ3) is 2.41. The van der Waals surface area contributed by atoms with Gasteiger partial charge >= 0.3 is 0 Å². The molecule has 4 heteroatoms. The van der Waals surface area contributed by atoms with E-state index < -0.39 is 5.82 Å². The fourth-order valence-electron chi connectivity index (χ4n) is 2.32. The molecule has 0 saturated heterocycles. The maximum Gasteiger partial charge on any atom is 0.167 e. The number of ether oxygens (including phenoxy) is 1. The average Bonchev–Trinajstić information content (AvgIpc) is 2.90. The van der Waals surface area contributed by atoms with Crippen molar-refractivity contribution in [2.45, 2.75) is 12.8 Å². The smallest absolute Gasteiger partial charge is 0.167 e. The molecule has 0 atom stereocenters. The Labute approximate surface area is 121 Å². The third-order valence-electron chi connectivity index (χ3n) is 3.41. The Bertz CT molecular complexity index is 662. The van der Waals surface area contributed by atoms with Crippen LogP contribution in [0.5, 0.6) is 5.75 Å². The predicted molar refractivity (Wildman–Crippen MR) is 75.1 cm³/mol. The Morgan fingerprint density at radius 3 is 2.95 bits per heavy atom. The normalized spacial score (nSPS) is 12.9. The van der Waals surface area contributed by atoms with Crippen molar-refractivity contribution in [1.82, 2.24) is 0 Å². The third-order valence-corrected chi connectivity index (χ3v) is 3.76. The van der Waals surface area contributed by atoms with Gasteiger partial charge in [0.25, 0.3) is 0 Å². The van der Waals surface area contributed by atoms with Crippen LogP contribution in [-0.4, -0.2) is 12.4 Å². The Morgan fingerprint density at radius 2 is 2.15 bits per heavy atom. The highest BCUT2D eigenvalue weighted by Gasteiger charge is 2.17. The van der Waals surface area contributed by atoms with Gasteiger partial charge in [0.15, 0.2) is 5.78 Å². The van der Waals surface area contributed by atoms with Crippen molar-refractivity contribution in [1.29, 1.82) is 0 Å². The minimum absolute atomic E-state index is 0.0366. The van der Waals surface area contributed by atoms with Gasteiger partial charge in [-0.3, -0.25) is 4.79 Å². The van der Waals surface area contributed by atoms with Crippen LogP contribution < -0.4 is 4.74 Å². The van der Waals surface area contributed by atoms with E-state index in [0.717, 1.165) is 17.7 Å². The first-order valence-electron chi connectivity index (χ1n) is 6.37. The van der Waals surface area contributed by atoms with Crippen molar-refractivity contribution in [3.05, 3.63) is 63.9 Å². The van der Waals surface area contributed by atoms with Gasteiger partial charge in [-0.25, -0.2) is 4.39 Å². The highest BCUT2D eigenvalue weighted by Crippen LogP contribution is 2.27. The molecule has 0 saturated carbocycles. The topological polar surface area (TPSA) is 26.3 Å². The molecular formula is C16H12ClFO2. The Kier molecular flexibility index (Phi) is 3.45. The van der Waals surface area contributed by atoms with Crippen molar-refractivity contribution in [3.8, 4) is 5.75 Å². The molecule has 20 heavy (non-hydrogen) atoms. The molecule has 0 N–H and O–H groups in total. The van der Waals surface area contributed by atoms with Gasteiger partial charge in [0.2, 0.25) is 0 Å². The second-order valence-corrected chi connectivity index (χ2v) is 5.13. The van der Waals surface area contributed by atoms with Crippen molar-refractivity contribution in [2.75, 3.05) is 6.61 Å². The van der Waals surface area contributed by atoms with Gasteiger partial charge in [-0.2, -0.15) is 0 Å². The van der Waals surface area contributed by atoms with Gasteiger partial charge in [0, 0.05) is 29.0 Å². The van der Waals surface area contributed by atoms with E-state index in [9.17, 15) is 9.18 Å². The summed E-state index contributed by atoms with van der Waals surface area (Å²) in [5.74, 6) is 0.229. The maximum absolute atomic E-state index is 13.7. The quantitative estimate of drug-likeness (QED) is 0.803. The van der Waals surface area contributed by atoms with Crippen molar-refractivity contribution >= 4 is 17.4 Å². The molecular weight excluding hydrogens is 279 g/mol. The molecule has 2 aromatic carbocycles. The van der Waals surface area contributed by atoms with Gasteiger partial charge in [0.05, 0.1) is 6.61 Å². The molecule has 1 aliphatic heterocycles. The lowest BCUT2D eigenvalue weighted by atomic mass is 10.00. The lowest BCUT2D eigenvalue weighted by Gasteiger charge is -2.06. The number of rotatable bonds is 3. The van der Waals surface area contributed by atoms with Crippen molar-refractivity contribution in [2.24, 2.45) is 0 Å². The van der Waals surface area contributed by atoms with E-state index in [1.54, 1.807) is 18.2 Å². The molecule has 2 aromatic rings. The van der Waals surface area contributed by atoms with Crippen LogP contribution in [0.1, 0.15) is 21.5 Å². The number of carbonyl (C=O) groups excluding carboxylic acids is 1. The summed E-state index contributed by atoms with van der Waals surface area (Å²) in [7, 11) is 0. The molecule has 2 nitrogen and oxygen atoms in total. The summed E-state index contributed by atoms with van der Waals surface area (Å²) >= 11 is 5.94. The van der Waals surface area contributed by atoms with Crippen LogP contribution in [0.15, 0.2) is 36.4 Å². The summed E-state index contributed by atoms with van der Waals surface area (Å²) in [5, 5.41) is 0.280. The van der Waals surface area contributed by atoms with E-state index >= 15 is 0 Å². The molecule has 3 rings (SSSR count). The van der Waals surface area contributed by atoms with E-state index in [-0.39, 0.29) is 22.8 Å². The first-order chi connectivity index (χ1) is 9.65. The zero-order valence-electron chi connectivity index (χ0n) is 10.7. The summed E-state index contributed by atoms with van der Waals surface area (Å²) in [6.07, 6.45) is 0.766. The van der Waals surface area contributed by atoms with Gasteiger partial charge in [0.1, 0.15) is 11.6 Å². The predicted octanol–water partition coefficient (Wildman–Crippen LogP) is 3.84. The van der Waals surface area contributed by atoms with Gasteiger partial charge in [-0.15, -0.1) is 0 Å². The fourth-order valence-corrected chi connectivity index (χ4v) is 2.55. The standard InChI is InChI=1S/C16H12ClFO2/c17-13-2-1-3-14(18)12(13)9-15(19)10-4-5-16-11(8-10)6-7-20-16/h1-5,8H,6-7,9H2. The van der Waals surface area contributed by atoms with Crippen molar-refractivity contribution < 1.29 is 13.9 Å². The summed E-state index contributed by atoms with van der Waals surface area (Å²) < 4.78 is 19.1. The number of hydrogen-bond acceptors (Lipinski definition) is 2. The second-order valence-electron chi connectivity index (χ2n) is 4.72. The molecule has 0 amide bonds. The highest BCUT2D eigenvalue weighted by atomic mass is 35.5. The van der Waals surface area contributed by atoms with E-state index in [0.29, 0.717) is 12.2 Å². The number of ketones is 1. The Hall–Kier alpha value is -1.87. The molecule has 0 spiro atoms. The average molecular weight is 291 g/mol. The number of benzene rings is 2.